The van der Waals surface area contributed by atoms with Crippen LogP contribution in [0.25, 0.3) is 0 Å². The van der Waals surface area contributed by atoms with Crippen LogP contribution in [0.5, 0.6) is 0 Å². The van der Waals surface area contributed by atoms with Crippen molar-refractivity contribution < 1.29 is 13.6 Å². The van der Waals surface area contributed by atoms with E-state index < -0.39 is 8.56 Å². The third-order valence-corrected chi connectivity index (χ3v) is 8.43. The van der Waals surface area contributed by atoms with Crippen molar-refractivity contribution in [1.82, 2.24) is 4.90 Å². The number of hydrogen-bond acceptors (Lipinski definition) is 4. The Bertz CT molecular complexity index is 607. The maximum atomic E-state index is 6.61. The van der Waals surface area contributed by atoms with Gasteiger partial charge in [0.2, 0.25) is 0 Å². The second kappa shape index (κ2) is 9.44. The molecular weight excluding hydrogens is 342 g/mol. The van der Waals surface area contributed by atoms with Gasteiger partial charge in [-0.1, -0.05) is 67.1 Å². The highest BCUT2D eigenvalue weighted by molar-refractivity contribution is 6.92. The molecule has 1 fully saturated rings. The van der Waals surface area contributed by atoms with Gasteiger partial charge in [0, 0.05) is 27.3 Å². The smallest absolute Gasteiger partial charge is 0.391 e. The molecule has 0 aliphatic carbocycles. The second-order valence-corrected chi connectivity index (χ2v) is 9.74. The minimum absolute atomic E-state index is 0.0373. The van der Waals surface area contributed by atoms with E-state index >= 15 is 0 Å². The SMILES string of the molecule is COC(CO[Si](OC)(c1ccccc1)c1ccccc1)N1CCCCC1. The Morgan fingerprint density at radius 2 is 1.38 bits per heavy atom. The minimum Gasteiger partial charge on any atom is -0.391 e. The number of methoxy groups -OCH3 is 1. The van der Waals surface area contributed by atoms with E-state index in [9.17, 15) is 0 Å². The molecule has 1 aliphatic heterocycles. The lowest BCUT2D eigenvalue weighted by molar-refractivity contribution is -0.0696. The Hall–Kier alpha value is -1.50. The van der Waals surface area contributed by atoms with E-state index in [-0.39, 0.29) is 6.23 Å². The lowest BCUT2D eigenvalue weighted by Crippen LogP contribution is -2.64. The van der Waals surface area contributed by atoms with Crippen LogP contribution in [-0.2, 0) is 13.6 Å². The second-order valence-electron chi connectivity index (χ2n) is 6.65. The number of hydrogen-bond donors (Lipinski definition) is 0. The summed E-state index contributed by atoms with van der Waals surface area (Å²) in [7, 11) is 0.755. The van der Waals surface area contributed by atoms with Crippen molar-refractivity contribution in [2.24, 2.45) is 0 Å². The first-order chi connectivity index (χ1) is 12.8. The van der Waals surface area contributed by atoms with Crippen molar-refractivity contribution >= 4 is 18.9 Å². The highest BCUT2D eigenvalue weighted by Crippen LogP contribution is 2.16. The molecule has 0 spiro atoms. The molecule has 0 aromatic heterocycles. The standard InChI is InChI=1S/C21H29NO3Si/c1-23-21(22-16-10-5-11-17-22)18-25-26(24-2,19-12-6-3-7-13-19)20-14-8-4-9-15-20/h3-4,6-9,12-15,21H,5,10-11,16-18H2,1-2H3. The molecule has 5 heteroatoms. The van der Waals surface area contributed by atoms with Crippen molar-refractivity contribution in [2.45, 2.75) is 25.5 Å². The maximum absolute atomic E-state index is 6.61. The Kier molecular flexibility index (Phi) is 6.99. The zero-order chi connectivity index (χ0) is 18.2. The predicted molar refractivity (Wildman–Crippen MR) is 107 cm³/mol. The van der Waals surface area contributed by atoms with E-state index in [2.05, 4.69) is 29.2 Å². The van der Waals surface area contributed by atoms with Gasteiger partial charge in [-0.2, -0.15) is 0 Å². The zero-order valence-electron chi connectivity index (χ0n) is 15.8. The van der Waals surface area contributed by atoms with Gasteiger partial charge < -0.3 is 13.6 Å². The number of piperidine rings is 1. The van der Waals surface area contributed by atoms with E-state index in [0.29, 0.717) is 6.61 Å². The van der Waals surface area contributed by atoms with Gasteiger partial charge in [-0.25, -0.2) is 0 Å². The quantitative estimate of drug-likeness (QED) is 0.667. The van der Waals surface area contributed by atoms with Crippen LogP contribution in [0.15, 0.2) is 60.7 Å². The summed E-state index contributed by atoms with van der Waals surface area (Å²) in [6.07, 6.45) is 3.72. The van der Waals surface area contributed by atoms with Crippen LogP contribution in [0.2, 0.25) is 0 Å². The van der Waals surface area contributed by atoms with Crippen LogP contribution in [0.1, 0.15) is 19.3 Å². The lowest BCUT2D eigenvalue weighted by Gasteiger charge is -2.36. The summed E-state index contributed by atoms with van der Waals surface area (Å²) < 4.78 is 18.5. The first kappa shape index (κ1) is 19.3. The highest BCUT2D eigenvalue weighted by Gasteiger charge is 2.42. The molecule has 0 radical (unpaired) electrons. The molecule has 3 rings (SSSR count). The Morgan fingerprint density at radius 1 is 0.846 bits per heavy atom. The molecule has 1 unspecified atom stereocenters. The van der Waals surface area contributed by atoms with Crippen LogP contribution < -0.4 is 10.4 Å². The van der Waals surface area contributed by atoms with Gasteiger partial charge in [-0.05, 0) is 23.2 Å². The van der Waals surface area contributed by atoms with E-state index in [0.717, 1.165) is 23.5 Å². The molecule has 1 saturated heterocycles. The van der Waals surface area contributed by atoms with Crippen molar-refractivity contribution in [3.05, 3.63) is 60.7 Å². The molecule has 0 bridgehead atoms. The first-order valence-electron chi connectivity index (χ1n) is 9.37. The minimum atomic E-state index is -2.77. The van der Waals surface area contributed by atoms with Crippen molar-refractivity contribution in [1.29, 1.82) is 0 Å². The third kappa shape index (κ3) is 4.24. The molecule has 0 amide bonds. The summed E-state index contributed by atoms with van der Waals surface area (Å²) in [6, 6.07) is 20.6. The fraction of sp³-hybridized carbons (Fsp3) is 0.429. The molecule has 0 saturated carbocycles. The van der Waals surface area contributed by atoms with Crippen LogP contribution in [0, 0.1) is 0 Å². The van der Waals surface area contributed by atoms with E-state index in [1.807, 2.05) is 36.4 Å². The Balaban J connectivity index is 1.86. The monoisotopic (exact) mass is 371 g/mol. The number of nitrogens with zero attached hydrogens (tertiary/aromatic N) is 1. The van der Waals surface area contributed by atoms with Crippen LogP contribution in [-0.4, -0.2) is 53.6 Å². The largest absolute Gasteiger partial charge is 0.406 e. The summed E-state index contributed by atoms with van der Waals surface area (Å²) in [5, 5.41) is 2.23. The average molecular weight is 372 g/mol. The maximum Gasteiger partial charge on any atom is 0.406 e. The van der Waals surface area contributed by atoms with E-state index in [4.69, 9.17) is 13.6 Å². The topological polar surface area (TPSA) is 30.9 Å². The molecule has 26 heavy (non-hydrogen) atoms. The fourth-order valence-corrected chi connectivity index (χ4v) is 6.56. The van der Waals surface area contributed by atoms with Crippen molar-refractivity contribution in [3.8, 4) is 0 Å². The van der Waals surface area contributed by atoms with Gasteiger partial charge in [0.25, 0.3) is 0 Å². The summed E-state index contributed by atoms with van der Waals surface area (Å²) in [5.41, 5.74) is 0. The summed E-state index contributed by atoms with van der Waals surface area (Å²) in [6.45, 7) is 2.64. The van der Waals surface area contributed by atoms with E-state index in [1.54, 1.807) is 14.2 Å². The predicted octanol–water partition coefficient (Wildman–Crippen LogP) is 2.36. The molecule has 140 valence electrons. The summed E-state index contributed by atoms with van der Waals surface area (Å²) in [5.74, 6) is 0. The zero-order valence-corrected chi connectivity index (χ0v) is 16.8. The number of rotatable bonds is 8. The molecule has 2 aromatic rings. The van der Waals surface area contributed by atoms with Crippen molar-refractivity contribution in [3.63, 3.8) is 0 Å². The van der Waals surface area contributed by atoms with Crippen LogP contribution in [0.4, 0.5) is 0 Å². The Morgan fingerprint density at radius 3 is 1.85 bits per heavy atom. The molecule has 2 aromatic carbocycles. The van der Waals surface area contributed by atoms with Gasteiger partial charge in [-0.3, -0.25) is 4.90 Å². The molecule has 0 N–H and O–H groups in total. The highest BCUT2D eigenvalue weighted by atomic mass is 28.4. The van der Waals surface area contributed by atoms with Gasteiger partial charge >= 0.3 is 8.56 Å². The van der Waals surface area contributed by atoms with Crippen LogP contribution in [0.3, 0.4) is 0 Å². The molecule has 1 heterocycles. The first-order valence-corrected chi connectivity index (χ1v) is 11.2. The Labute approximate surface area is 157 Å². The average Bonchev–Trinajstić information content (AvgIpc) is 2.74. The molecule has 1 aliphatic rings. The normalized spacial score (nSPS) is 17.2. The molecular formula is C21H29NO3Si. The fourth-order valence-electron chi connectivity index (χ4n) is 3.66. The molecule has 1 atom stereocenters. The lowest BCUT2D eigenvalue weighted by atomic mass is 10.1. The number of ether oxygens (including phenoxy) is 1. The summed E-state index contributed by atoms with van der Waals surface area (Å²) >= 11 is 0. The van der Waals surface area contributed by atoms with Gasteiger partial charge in [0.1, 0.15) is 6.23 Å². The van der Waals surface area contributed by atoms with Crippen molar-refractivity contribution in [2.75, 3.05) is 33.9 Å². The third-order valence-electron chi connectivity index (χ3n) is 5.09. The van der Waals surface area contributed by atoms with Gasteiger partial charge in [0.15, 0.2) is 0 Å². The van der Waals surface area contributed by atoms with E-state index in [1.165, 1.54) is 19.3 Å². The van der Waals surface area contributed by atoms with Gasteiger partial charge in [-0.15, -0.1) is 0 Å². The molecule has 4 nitrogen and oxygen atoms in total. The number of likely N-dealkylation sites (tertiary alicyclic amines) is 1. The van der Waals surface area contributed by atoms with Gasteiger partial charge in [0.05, 0.1) is 6.61 Å². The van der Waals surface area contributed by atoms with Crippen LogP contribution >= 0.6 is 0 Å². The summed E-state index contributed by atoms with van der Waals surface area (Å²) in [4.78, 5) is 2.38. The number of benzene rings is 2.